The average molecular weight is 278 g/mol. The van der Waals surface area contributed by atoms with Crippen LogP contribution in [0.15, 0.2) is 24.3 Å². The van der Waals surface area contributed by atoms with Crippen LogP contribution in [0.25, 0.3) is 0 Å². The van der Waals surface area contributed by atoms with Crippen LogP contribution >= 0.6 is 0 Å². The summed E-state index contributed by atoms with van der Waals surface area (Å²) in [6.07, 6.45) is 2.25. The van der Waals surface area contributed by atoms with Crippen molar-refractivity contribution in [2.75, 3.05) is 20.3 Å². The molecule has 0 radical (unpaired) electrons. The highest BCUT2D eigenvalue weighted by atomic mass is 16.5. The Labute approximate surface area is 119 Å². The first-order valence-electron chi connectivity index (χ1n) is 6.97. The van der Waals surface area contributed by atoms with Crippen LogP contribution in [0.2, 0.25) is 0 Å². The van der Waals surface area contributed by atoms with Gasteiger partial charge in [-0.1, -0.05) is 18.2 Å². The molecule has 0 bridgehead atoms. The van der Waals surface area contributed by atoms with Crippen molar-refractivity contribution in [1.82, 2.24) is 5.32 Å². The van der Waals surface area contributed by atoms with E-state index in [-0.39, 0.29) is 12.0 Å². The molecular weight excluding hydrogens is 256 g/mol. The van der Waals surface area contributed by atoms with Crippen LogP contribution in [0, 0.1) is 0 Å². The van der Waals surface area contributed by atoms with Gasteiger partial charge in [0.25, 0.3) is 0 Å². The second-order valence-corrected chi connectivity index (χ2v) is 5.04. The minimum absolute atomic E-state index is 0.00234. The SMILES string of the molecule is COCCCC(N)C(=O)NCC1Cc2ccccc2O1. The van der Waals surface area contributed by atoms with Gasteiger partial charge in [0, 0.05) is 20.1 Å². The predicted octanol–water partition coefficient (Wildman–Crippen LogP) is 0.860. The lowest BCUT2D eigenvalue weighted by molar-refractivity contribution is -0.122. The first-order valence-corrected chi connectivity index (χ1v) is 6.97. The quantitative estimate of drug-likeness (QED) is 0.726. The second-order valence-electron chi connectivity index (χ2n) is 5.04. The number of carbonyl (C=O) groups is 1. The van der Waals surface area contributed by atoms with Crippen LogP contribution in [0.4, 0.5) is 0 Å². The molecule has 0 aromatic heterocycles. The predicted molar refractivity (Wildman–Crippen MR) is 76.7 cm³/mol. The van der Waals surface area contributed by atoms with Gasteiger partial charge in [-0.2, -0.15) is 0 Å². The van der Waals surface area contributed by atoms with E-state index in [4.69, 9.17) is 15.2 Å². The highest BCUT2D eigenvalue weighted by Gasteiger charge is 2.23. The Morgan fingerprint density at radius 3 is 3.10 bits per heavy atom. The van der Waals surface area contributed by atoms with Crippen molar-refractivity contribution in [3.8, 4) is 5.75 Å². The summed E-state index contributed by atoms with van der Waals surface area (Å²) in [5, 5.41) is 2.86. The number of ether oxygens (including phenoxy) is 2. The van der Waals surface area contributed by atoms with E-state index in [0.717, 1.165) is 18.6 Å². The Morgan fingerprint density at radius 1 is 1.55 bits per heavy atom. The summed E-state index contributed by atoms with van der Waals surface area (Å²) in [7, 11) is 1.64. The zero-order chi connectivity index (χ0) is 14.4. The molecule has 2 rings (SSSR count). The Hall–Kier alpha value is -1.59. The highest BCUT2D eigenvalue weighted by Crippen LogP contribution is 2.27. The molecule has 5 heteroatoms. The number of nitrogens with one attached hydrogen (secondary N) is 1. The van der Waals surface area contributed by atoms with E-state index in [2.05, 4.69) is 5.32 Å². The number of para-hydroxylation sites is 1. The van der Waals surface area contributed by atoms with Crippen molar-refractivity contribution < 1.29 is 14.3 Å². The largest absolute Gasteiger partial charge is 0.488 e. The monoisotopic (exact) mass is 278 g/mol. The van der Waals surface area contributed by atoms with E-state index in [0.29, 0.717) is 19.6 Å². The fourth-order valence-corrected chi connectivity index (χ4v) is 2.29. The molecule has 0 fully saturated rings. The van der Waals surface area contributed by atoms with Crippen molar-refractivity contribution >= 4 is 5.91 Å². The van der Waals surface area contributed by atoms with Gasteiger partial charge in [-0.15, -0.1) is 0 Å². The first kappa shape index (κ1) is 14.8. The van der Waals surface area contributed by atoms with Crippen molar-refractivity contribution in [2.45, 2.75) is 31.4 Å². The minimum atomic E-state index is -0.478. The van der Waals surface area contributed by atoms with Gasteiger partial charge in [0.1, 0.15) is 11.9 Å². The van der Waals surface area contributed by atoms with E-state index >= 15 is 0 Å². The summed E-state index contributed by atoms with van der Waals surface area (Å²) in [6.45, 7) is 1.12. The van der Waals surface area contributed by atoms with E-state index in [1.54, 1.807) is 7.11 Å². The smallest absolute Gasteiger partial charge is 0.237 e. The molecule has 3 N–H and O–H groups in total. The average Bonchev–Trinajstić information content (AvgIpc) is 2.87. The van der Waals surface area contributed by atoms with Crippen molar-refractivity contribution in [3.63, 3.8) is 0 Å². The molecule has 0 spiro atoms. The summed E-state index contributed by atoms with van der Waals surface area (Å²) in [4.78, 5) is 11.8. The normalized spacial score (nSPS) is 18.2. The Morgan fingerprint density at radius 2 is 2.35 bits per heavy atom. The van der Waals surface area contributed by atoms with Gasteiger partial charge in [0.15, 0.2) is 0 Å². The molecule has 0 aliphatic carbocycles. The maximum Gasteiger partial charge on any atom is 0.237 e. The standard InChI is InChI=1S/C15H22N2O3/c1-19-8-4-6-13(16)15(18)17-10-12-9-11-5-2-3-7-14(11)20-12/h2-3,5,7,12-13H,4,6,8-10,16H2,1H3,(H,17,18). The Bertz CT molecular complexity index is 425. The lowest BCUT2D eigenvalue weighted by atomic mass is 10.1. The van der Waals surface area contributed by atoms with Crippen molar-refractivity contribution in [3.05, 3.63) is 29.8 Å². The van der Waals surface area contributed by atoms with Crippen LogP contribution < -0.4 is 15.8 Å². The molecule has 1 aromatic rings. The summed E-state index contributed by atoms with van der Waals surface area (Å²) >= 11 is 0. The number of rotatable bonds is 7. The van der Waals surface area contributed by atoms with E-state index in [9.17, 15) is 4.79 Å². The van der Waals surface area contributed by atoms with Gasteiger partial charge in [0.05, 0.1) is 12.6 Å². The van der Waals surface area contributed by atoms with Crippen LogP contribution in [-0.4, -0.2) is 38.3 Å². The fraction of sp³-hybridized carbons (Fsp3) is 0.533. The molecule has 20 heavy (non-hydrogen) atoms. The molecule has 2 atom stereocenters. The third-order valence-corrected chi connectivity index (χ3v) is 3.42. The van der Waals surface area contributed by atoms with Gasteiger partial charge in [-0.3, -0.25) is 4.79 Å². The zero-order valence-electron chi connectivity index (χ0n) is 11.8. The van der Waals surface area contributed by atoms with E-state index < -0.39 is 6.04 Å². The number of benzene rings is 1. The number of fused-ring (bicyclic) bond motifs is 1. The minimum Gasteiger partial charge on any atom is -0.488 e. The van der Waals surface area contributed by atoms with Gasteiger partial charge in [-0.25, -0.2) is 0 Å². The topological polar surface area (TPSA) is 73.6 Å². The molecule has 0 saturated heterocycles. The number of carbonyl (C=O) groups excluding carboxylic acids is 1. The number of methoxy groups -OCH3 is 1. The molecule has 110 valence electrons. The number of hydrogen-bond acceptors (Lipinski definition) is 4. The summed E-state index contributed by atoms with van der Waals surface area (Å²) in [5.41, 5.74) is 7.01. The number of nitrogens with two attached hydrogens (primary N) is 1. The molecule has 1 aliphatic rings. The first-order chi connectivity index (χ1) is 9.70. The molecule has 1 amide bonds. The van der Waals surface area contributed by atoms with Crippen molar-refractivity contribution in [2.24, 2.45) is 5.73 Å². The van der Waals surface area contributed by atoms with Crippen LogP contribution in [-0.2, 0) is 16.0 Å². The van der Waals surface area contributed by atoms with Gasteiger partial charge in [-0.05, 0) is 24.5 Å². The van der Waals surface area contributed by atoms with E-state index in [1.807, 2.05) is 24.3 Å². The number of hydrogen-bond donors (Lipinski definition) is 2. The molecule has 5 nitrogen and oxygen atoms in total. The van der Waals surface area contributed by atoms with Crippen molar-refractivity contribution in [1.29, 1.82) is 0 Å². The van der Waals surface area contributed by atoms with Gasteiger partial charge >= 0.3 is 0 Å². The maximum absolute atomic E-state index is 11.8. The summed E-state index contributed by atoms with van der Waals surface area (Å²) in [6, 6.07) is 7.47. The Balaban J connectivity index is 1.70. The third-order valence-electron chi connectivity index (χ3n) is 3.42. The summed E-state index contributed by atoms with van der Waals surface area (Å²) < 4.78 is 10.7. The van der Waals surface area contributed by atoms with Crippen LogP contribution in [0.5, 0.6) is 5.75 Å². The Kier molecular flexibility index (Phi) is 5.38. The highest BCUT2D eigenvalue weighted by molar-refractivity contribution is 5.81. The van der Waals surface area contributed by atoms with Crippen LogP contribution in [0.1, 0.15) is 18.4 Å². The zero-order valence-corrected chi connectivity index (χ0v) is 11.8. The van der Waals surface area contributed by atoms with Crippen LogP contribution in [0.3, 0.4) is 0 Å². The molecule has 0 saturated carbocycles. The summed E-state index contributed by atoms with van der Waals surface area (Å²) in [5.74, 6) is 0.789. The van der Waals surface area contributed by atoms with Gasteiger partial charge in [0.2, 0.25) is 5.91 Å². The molecule has 1 aliphatic heterocycles. The molecule has 2 unspecified atom stereocenters. The fourth-order valence-electron chi connectivity index (χ4n) is 2.29. The lowest BCUT2D eigenvalue weighted by Crippen LogP contribution is -2.44. The van der Waals surface area contributed by atoms with E-state index in [1.165, 1.54) is 5.56 Å². The third kappa shape index (κ3) is 3.95. The molecular formula is C15H22N2O3. The molecule has 1 aromatic carbocycles. The van der Waals surface area contributed by atoms with Gasteiger partial charge < -0.3 is 20.5 Å². The molecule has 1 heterocycles. The maximum atomic E-state index is 11.8. The lowest BCUT2D eigenvalue weighted by Gasteiger charge is -2.15. The second kappa shape index (κ2) is 7.26. The number of amides is 1.